The number of unbranched alkanes of at least 4 members (excludes halogenated alkanes) is 12. The van der Waals surface area contributed by atoms with Crippen LogP contribution in [0.15, 0.2) is 30.4 Å². The fourth-order valence-electron chi connectivity index (χ4n) is 9.14. The lowest BCUT2D eigenvalue weighted by atomic mass is 9.72. The van der Waals surface area contributed by atoms with Crippen LogP contribution in [0.1, 0.15) is 178 Å². The average molecular weight is 923 g/mol. The molecule has 66 heavy (non-hydrogen) atoms. The van der Waals surface area contributed by atoms with Crippen molar-refractivity contribution in [1.29, 1.82) is 0 Å². The molecule has 0 spiro atoms. The van der Waals surface area contributed by atoms with Crippen molar-refractivity contribution in [1.82, 2.24) is 10.6 Å². The molecule has 1 saturated heterocycles. The summed E-state index contributed by atoms with van der Waals surface area (Å²) in [6, 6.07) is 3.42. The van der Waals surface area contributed by atoms with Crippen molar-refractivity contribution in [2.24, 2.45) is 0 Å². The van der Waals surface area contributed by atoms with E-state index < -0.39 is 108 Å². The number of carbonyl (C=O) groups is 5. The van der Waals surface area contributed by atoms with Crippen LogP contribution in [0.2, 0.25) is 0 Å². The number of amides is 2. The zero-order chi connectivity index (χ0) is 47.8. The monoisotopic (exact) mass is 922 g/mol. The maximum Gasteiger partial charge on any atom is 0.407 e. The molecule has 3 aliphatic rings. The van der Waals surface area contributed by atoms with E-state index in [1.165, 1.54) is 83.1 Å². The third-order valence-electron chi connectivity index (χ3n) is 12.8. The van der Waals surface area contributed by atoms with Gasteiger partial charge in [0.2, 0.25) is 11.7 Å². The predicted octanol–water partition coefficient (Wildman–Crippen LogP) is 6.70. The molecule has 1 aliphatic heterocycles. The lowest BCUT2D eigenvalue weighted by Crippen LogP contribution is -2.55. The number of Topliss-reactive ketones (excluding diaryl/α,β-unsaturated/α-hetero) is 1. The second-order valence-corrected chi connectivity index (χ2v) is 17.8. The number of alkyl carbamates (subject to hydrolysis) is 1. The van der Waals surface area contributed by atoms with Crippen LogP contribution in [0.25, 0.3) is 0 Å². The first-order chi connectivity index (χ1) is 31.8. The third-order valence-corrected chi connectivity index (χ3v) is 12.8. The molecular weight excluding hydrogens is 853 g/mol. The number of ether oxygens (including phenoxy) is 4. The van der Waals surface area contributed by atoms with Gasteiger partial charge < -0.3 is 55.1 Å². The average Bonchev–Trinajstić information content (AvgIpc) is 3.30. The van der Waals surface area contributed by atoms with Crippen LogP contribution in [0.4, 0.5) is 4.79 Å². The van der Waals surface area contributed by atoms with Gasteiger partial charge in [-0.2, -0.15) is 0 Å². The zero-order valence-corrected chi connectivity index (χ0v) is 38.7. The number of nitrogens with one attached hydrogen (secondary N) is 2. The van der Waals surface area contributed by atoms with Crippen molar-refractivity contribution in [2.75, 3.05) is 26.9 Å². The van der Waals surface area contributed by atoms with Gasteiger partial charge >= 0.3 is 6.09 Å². The molecule has 0 radical (unpaired) electrons. The topological polar surface area (TPSA) is 247 Å². The normalized spacial score (nSPS) is 22.4. The van der Waals surface area contributed by atoms with Gasteiger partial charge in [-0.25, -0.2) is 4.79 Å². The fourth-order valence-corrected chi connectivity index (χ4v) is 9.14. The van der Waals surface area contributed by atoms with Gasteiger partial charge in [-0.15, -0.1) is 0 Å². The number of phenols is 2. The highest BCUT2D eigenvalue weighted by molar-refractivity contribution is 6.31. The molecule has 0 bridgehead atoms. The van der Waals surface area contributed by atoms with Gasteiger partial charge in [-0.3, -0.25) is 19.2 Å². The minimum atomic E-state index is -2.34. The second kappa shape index (κ2) is 25.3. The Bertz CT molecular complexity index is 2040. The fraction of sp³-hybridized carbons (Fsp3) is 0.620. The van der Waals surface area contributed by atoms with Crippen LogP contribution in [-0.4, -0.2) is 112 Å². The van der Waals surface area contributed by atoms with E-state index in [1.54, 1.807) is 6.92 Å². The SMILES string of the molecule is CCCCCCCC/C=C\CCCCCCCCOC(=O)NCCCC(=O)NC1C[C@H](O[C@H]2C[C@](O)(C(=O)CO)Cc3c(O)c4c(c(O)c32)C(=O)c2c(OC)cccc2C4=O)O[C@@H](C)[C@H]1O. The number of aliphatic hydroxyl groups is 3. The maximum absolute atomic E-state index is 14.0. The van der Waals surface area contributed by atoms with Gasteiger partial charge in [0.25, 0.3) is 0 Å². The Labute approximate surface area is 387 Å². The van der Waals surface area contributed by atoms with Crippen molar-refractivity contribution < 1.29 is 68.5 Å². The first kappa shape index (κ1) is 52.1. The number of ketones is 3. The molecule has 2 amide bonds. The van der Waals surface area contributed by atoms with E-state index >= 15 is 0 Å². The lowest BCUT2D eigenvalue weighted by molar-refractivity contribution is -0.249. The number of rotatable bonds is 26. The molecule has 0 saturated carbocycles. The number of aliphatic hydroxyl groups excluding tert-OH is 2. The van der Waals surface area contributed by atoms with Crippen molar-refractivity contribution in [2.45, 2.75) is 172 Å². The summed E-state index contributed by atoms with van der Waals surface area (Å²) in [5.74, 6) is -4.48. The molecule has 1 unspecified atom stereocenters. The van der Waals surface area contributed by atoms with E-state index in [2.05, 4.69) is 29.7 Å². The van der Waals surface area contributed by atoms with E-state index in [-0.39, 0.29) is 53.8 Å². The molecule has 1 heterocycles. The molecular formula is C50H70N2O14. The molecule has 2 aliphatic carbocycles. The Morgan fingerprint density at radius 2 is 1.53 bits per heavy atom. The van der Waals surface area contributed by atoms with Gasteiger partial charge in [-0.1, -0.05) is 89.0 Å². The molecule has 6 atom stereocenters. The molecule has 0 aromatic heterocycles. The number of phenolic OH excluding ortho intramolecular Hbond substituents is 2. The predicted molar refractivity (Wildman–Crippen MR) is 244 cm³/mol. The number of allylic oxidation sites excluding steroid dienone is 2. The maximum atomic E-state index is 14.0. The largest absolute Gasteiger partial charge is 0.507 e. The summed E-state index contributed by atoms with van der Waals surface area (Å²) in [5.41, 5.74) is -4.03. The highest BCUT2D eigenvalue weighted by atomic mass is 16.7. The molecule has 5 rings (SSSR count). The summed E-state index contributed by atoms with van der Waals surface area (Å²) in [6.07, 6.45) is 14.8. The Kier molecular flexibility index (Phi) is 20.0. The minimum Gasteiger partial charge on any atom is -0.507 e. The quantitative estimate of drug-likeness (QED) is 0.0252. The van der Waals surface area contributed by atoms with E-state index in [0.29, 0.717) is 6.61 Å². The van der Waals surface area contributed by atoms with Gasteiger partial charge in [0.1, 0.15) is 35.6 Å². The molecule has 2 aromatic carbocycles. The van der Waals surface area contributed by atoms with Crippen LogP contribution < -0.4 is 15.4 Å². The first-order valence-electron chi connectivity index (χ1n) is 23.8. The number of hydrogen-bond acceptors (Lipinski definition) is 14. The van der Waals surface area contributed by atoms with Crippen LogP contribution >= 0.6 is 0 Å². The smallest absolute Gasteiger partial charge is 0.407 e. The summed E-state index contributed by atoms with van der Waals surface area (Å²) in [7, 11) is 1.31. The number of methoxy groups -OCH3 is 1. The van der Waals surface area contributed by atoms with Crippen LogP contribution in [0, 0.1) is 0 Å². The van der Waals surface area contributed by atoms with E-state index in [4.69, 9.17) is 18.9 Å². The summed E-state index contributed by atoms with van der Waals surface area (Å²) in [5, 5.41) is 61.2. The summed E-state index contributed by atoms with van der Waals surface area (Å²) >= 11 is 0. The molecule has 16 heteroatoms. The Morgan fingerprint density at radius 1 is 0.879 bits per heavy atom. The van der Waals surface area contributed by atoms with E-state index in [9.17, 15) is 49.5 Å². The van der Waals surface area contributed by atoms with Crippen molar-refractivity contribution in [3.8, 4) is 17.2 Å². The summed E-state index contributed by atoms with van der Waals surface area (Å²) in [4.78, 5) is 66.0. The van der Waals surface area contributed by atoms with E-state index in [1.807, 2.05) is 0 Å². The highest BCUT2D eigenvalue weighted by Crippen LogP contribution is 2.52. The van der Waals surface area contributed by atoms with Gasteiger partial charge in [0.05, 0.1) is 48.7 Å². The number of aromatic hydroxyl groups is 2. The van der Waals surface area contributed by atoms with Crippen molar-refractivity contribution >= 4 is 29.4 Å². The molecule has 2 aromatic rings. The lowest BCUT2D eigenvalue weighted by Gasteiger charge is -2.43. The zero-order valence-electron chi connectivity index (χ0n) is 38.7. The van der Waals surface area contributed by atoms with Gasteiger partial charge in [-0.05, 0) is 51.5 Å². The Balaban J connectivity index is 1.08. The van der Waals surface area contributed by atoms with Crippen LogP contribution in [0.5, 0.6) is 17.2 Å². The number of hydrogen-bond donors (Lipinski definition) is 7. The number of fused-ring (bicyclic) bond motifs is 3. The van der Waals surface area contributed by atoms with E-state index in [0.717, 1.165) is 32.1 Å². The van der Waals surface area contributed by atoms with Crippen molar-refractivity contribution in [3.63, 3.8) is 0 Å². The van der Waals surface area contributed by atoms with Gasteiger partial charge in [0, 0.05) is 48.9 Å². The molecule has 16 nitrogen and oxygen atoms in total. The number of carbonyl (C=O) groups excluding carboxylic acids is 5. The first-order valence-corrected chi connectivity index (χ1v) is 23.8. The minimum absolute atomic E-state index is 0.00437. The Morgan fingerprint density at radius 3 is 2.20 bits per heavy atom. The van der Waals surface area contributed by atoms with Crippen LogP contribution in [0.3, 0.4) is 0 Å². The standard InChI is InChI=1S/C50H70N2O14/c1-4-5-6-7-8-9-10-11-12-13-14-15-16-17-18-19-26-64-49(61)51-25-21-24-38(55)52-34-27-39(65-31(2)44(34)56)66-36-29-50(62,37(54)30-53)28-33-41(36)48(60)43-42(46(33)58)45(57)32-22-20-23-35(63-3)40(32)47(43)59/h11-12,20,22-23,31,34,36,39,44,53,56,58,60,62H,4-10,13-19,21,24-30H2,1-3H3,(H,51,61)(H,52,55)/b12-11-/t31-,34?,36-,39-,44+,50-/m0/s1. The summed E-state index contributed by atoms with van der Waals surface area (Å²) < 4.78 is 22.8. The molecule has 364 valence electrons. The summed E-state index contributed by atoms with van der Waals surface area (Å²) in [6.45, 7) is 3.20. The third kappa shape index (κ3) is 13.2. The van der Waals surface area contributed by atoms with Gasteiger partial charge in [0.15, 0.2) is 17.9 Å². The molecule has 1 fully saturated rings. The molecule has 7 N–H and O–H groups in total. The van der Waals surface area contributed by atoms with Crippen molar-refractivity contribution in [3.05, 3.63) is 63.7 Å². The van der Waals surface area contributed by atoms with Crippen LogP contribution in [-0.2, 0) is 30.2 Å². The Hall–Kier alpha value is -4.87. The highest BCUT2D eigenvalue weighted by Gasteiger charge is 2.50. The number of benzene rings is 2. The second-order valence-electron chi connectivity index (χ2n) is 17.8.